The molecule has 1 aromatic heterocycles. The fourth-order valence-electron chi connectivity index (χ4n) is 2.36. The van der Waals surface area contributed by atoms with Crippen molar-refractivity contribution in [1.29, 1.82) is 0 Å². The lowest BCUT2D eigenvalue weighted by atomic mass is 9.92. The highest BCUT2D eigenvalue weighted by atomic mass is 16.5. The zero-order chi connectivity index (χ0) is 15.8. The van der Waals surface area contributed by atoms with Crippen molar-refractivity contribution in [3.05, 3.63) is 24.5 Å². The highest BCUT2D eigenvalue weighted by Gasteiger charge is 2.26. The van der Waals surface area contributed by atoms with Gasteiger partial charge in [0.2, 0.25) is 11.8 Å². The van der Waals surface area contributed by atoms with Crippen LogP contribution in [0, 0.1) is 5.92 Å². The van der Waals surface area contributed by atoms with E-state index in [1.54, 1.807) is 24.5 Å². The summed E-state index contributed by atoms with van der Waals surface area (Å²) in [6.07, 6.45) is 5.01. The van der Waals surface area contributed by atoms with Gasteiger partial charge in [0, 0.05) is 44.3 Å². The monoisotopic (exact) mass is 306 g/mol. The smallest absolute Gasteiger partial charge is 0.237 e. The molecule has 7 nitrogen and oxygen atoms in total. The molecule has 22 heavy (non-hydrogen) atoms. The minimum atomic E-state index is -0.535. The largest absolute Gasteiger partial charge is 0.381 e. The summed E-state index contributed by atoms with van der Waals surface area (Å²) in [6.45, 7) is 1.58. The van der Waals surface area contributed by atoms with Gasteiger partial charge < -0.3 is 21.1 Å². The van der Waals surface area contributed by atoms with Crippen LogP contribution in [0.25, 0.3) is 0 Å². The number of amides is 2. The first kappa shape index (κ1) is 16.4. The second-order valence-corrected chi connectivity index (χ2v) is 5.30. The Morgan fingerprint density at radius 1 is 1.32 bits per heavy atom. The van der Waals surface area contributed by atoms with Crippen molar-refractivity contribution in [1.82, 2.24) is 10.3 Å². The van der Waals surface area contributed by atoms with Crippen LogP contribution in [0.2, 0.25) is 0 Å². The van der Waals surface area contributed by atoms with Gasteiger partial charge in [-0.1, -0.05) is 0 Å². The van der Waals surface area contributed by atoms with Crippen LogP contribution in [-0.4, -0.2) is 42.6 Å². The Labute approximate surface area is 129 Å². The van der Waals surface area contributed by atoms with Gasteiger partial charge in [-0.2, -0.15) is 0 Å². The Bertz CT molecular complexity index is 489. The van der Waals surface area contributed by atoms with Crippen molar-refractivity contribution in [2.75, 3.05) is 25.1 Å². The van der Waals surface area contributed by atoms with Crippen LogP contribution in [0.15, 0.2) is 24.5 Å². The molecule has 2 rings (SSSR count). The van der Waals surface area contributed by atoms with Crippen molar-refractivity contribution in [2.24, 2.45) is 11.7 Å². The van der Waals surface area contributed by atoms with Crippen LogP contribution in [0.5, 0.6) is 0 Å². The highest BCUT2D eigenvalue weighted by Crippen LogP contribution is 2.17. The summed E-state index contributed by atoms with van der Waals surface area (Å²) in [7, 11) is 0. The maximum Gasteiger partial charge on any atom is 0.237 e. The third kappa shape index (κ3) is 5.09. The van der Waals surface area contributed by atoms with Crippen molar-refractivity contribution in [2.45, 2.75) is 25.3 Å². The molecule has 2 amide bonds. The third-order valence-corrected chi connectivity index (χ3v) is 3.69. The van der Waals surface area contributed by atoms with E-state index in [0.717, 1.165) is 12.8 Å². The van der Waals surface area contributed by atoms with Crippen molar-refractivity contribution in [3.63, 3.8) is 0 Å². The summed E-state index contributed by atoms with van der Waals surface area (Å²) < 4.78 is 5.25. The number of hydrogen-bond donors (Lipinski definition) is 3. The zero-order valence-corrected chi connectivity index (χ0v) is 12.5. The lowest BCUT2D eigenvalue weighted by Crippen LogP contribution is -2.47. The number of hydrogen-bond acceptors (Lipinski definition) is 5. The van der Waals surface area contributed by atoms with Gasteiger partial charge >= 0.3 is 0 Å². The Morgan fingerprint density at radius 3 is 2.68 bits per heavy atom. The summed E-state index contributed by atoms with van der Waals surface area (Å²) in [5, 5.41) is 5.45. The van der Waals surface area contributed by atoms with Gasteiger partial charge in [0.15, 0.2) is 0 Å². The van der Waals surface area contributed by atoms with Gasteiger partial charge in [0.1, 0.15) is 0 Å². The van der Waals surface area contributed by atoms with E-state index in [1.165, 1.54) is 0 Å². The molecule has 0 spiro atoms. The van der Waals surface area contributed by atoms with Gasteiger partial charge in [-0.3, -0.25) is 14.6 Å². The lowest BCUT2D eigenvalue weighted by Gasteiger charge is -2.26. The van der Waals surface area contributed by atoms with Crippen molar-refractivity contribution < 1.29 is 14.3 Å². The number of aromatic nitrogens is 1. The minimum Gasteiger partial charge on any atom is -0.381 e. The first-order valence-electron chi connectivity index (χ1n) is 7.47. The van der Waals surface area contributed by atoms with Crippen LogP contribution < -0.4 is 16.4 Å². The molecule has 1 atom stereocenters. The molecule has 1 aliphatic rings. The Morgan fingerprint density at radius 2 is 2.00 bits per heavy atom. The van der Waals surface area contributed by atoms with Crippen LogP contribution in [-0.2, 0) is 14.3 Å². The number of carbonyl (C=O) groups is 2. The molecule has 7 heteroatoms. The third-order valence-electron chi connectivity index (χ3n) is 3.69. The Hall–Kier alpha value is -1.99. The van der Waals surface area contributed by atoms with Crippen LogP contribution in [0.1, 0.15) is 19.3 Å². The Balaban J connectivity index is 1.66. The molecule has 4 N–H and O–H groups in total. The average Bonchev–Trinajstić information content (AvgIpc) is 2.55. The number of ether oxygens (including phenoxy) is 1. The van der Waals surface area contributed by atoms with Crippen LogP contribution in [0.4, 0.5) is 5.69 Å². The summed E-state index contributed by atoms with van der Waals surface area (Å²) in [6, 6.07) is 2.88. The molecule has 0 aliphatic carbocycles. The lowest BCUT2D eigenvalue weighted by molar-refractivity contribution is -0.124. The summed E-state index contributed by atoms with van der Waals surface area (Å²) >= 11 is 0. The predicted octanol–water partition coefficient (Wildman–Crippen LogP) is 0.280. The number of rotatable bonds is 6. The van der Waals surface area contributed by atoms with Gasteiger partial charge in [-0.25, -0.2) is 0 Å². The highest BCUT2D eigenvalue weighted by molar-refractivity contribution is 5.91. The molecule has 1 unspecified atom stereocenters. The zero-order valence-electron chi connectivity index (χ0n) is 12.5. The maximum absolute atomic E-state index is 12.0. The van der Waals surface area contributed by atoms with E-state index in [2.05, 4.69) is 15.6 Å². The predicted molar refractivity (Wildman–Crippen MR) is 82.0 cm³/mol. The quantitative estimate of drug-likeness (QED) is 0.700. The van der Waals surface area contributed by atoms with Gasteiger partial charge in [0.25, 0.3) is 0 Å². The van der Waals surface area contributed by atoms with E-state index in [4.69, 9.17) is 10.5 Å². The van der Waals surface area contributed by atoms with Crippen molar-refractivity contribution in [3.8, 4) is 0 Å². The fraction of sp³-hybridized carbons (Fsp3) is 0.533. The van der Waals surface area contributed by atoms with Crippen LogP contribution >= 0.6 is 0 Å². The first-order valence-corrected chi connectivity index (χ1v) is 7.47. The number of nitrogens with two attached hydrogens (primary N) is 1. The van der Waals surface area contributed by atoms with E-state index in [0.29, 0.717) is 18.9 Å². The minimum absolute atomic E-state index is 0.152. The van der Waals surface area contributed by atoms with Gasteiger partial charge in [-0.15, -0.1) is 0 Å². The molecule has 0 saturated carbocycles. The van der Waals surface area contributed by atoms with E-state index < -0.39 is 6.04 Å². The Kier molecular flexibility index (Phi) is 6.29. The number of nitrogens with one attached hydrogen (secondary N) is 2. The molecule has 0 bridgehead atoms. The molecular formula is C15H22N4O3. The number of carbonyl (C=O) groups excluding carboxylic acids is 2. The van der Waals surface area contributed by atoms with Gasteiger partial charge in [0.05, 0.1) is 6.04 Å². The molecule has 1 fully saturated rings. The van der Waals surface area contributed by atoms with E-state index in [9.17, 15) is 9.59 Å². The van der Waals surface area contributed by atoms with Crippen LogP contribution in [0.3, 0.4) is 0 Å². The molecule has 0 radical (unpaired) electrons. The summed E-state index contributed by atoms with van der Waals surface area (Å²) in [5.41, 5.74) is 6.64. The second kappa shape index (κ2) is 8.45. The molecule has 0 aromatic carbocycles. The number of pyridine rings is 1. The molecule has 1 aliphatic heterocycles. The van der Waals surface area contributed by atoms with E-state index in [-0.39, 0.29) is 30.7 Å². The normalized spacial score (nSPS) is 16.8. The molecule has 1 aromatic rings. The molecular weight excluding hydrogens is 284 g/mol. The first-order chi connectivity index (χ1) is 10.7. The van der Waals surface area contributed by atoms with E-state index in [1.807, 2.05) is 0 Å². The van der Waals surface area contributed by atoms with Crippen molar-refractivity contribution >= 4 is 17.5 Å². The average molecular weight is 306 g/mol. The summed E-state index contributed by atoms with van der Waals surface area (Å²) in [4.78, 5) is 27.6. The molecule has 2 heterocycles. The molecule has 120 valence electrons. The SMILES string of the molecule is NC(C(=O)NCCC(=O)Nc1ccncc1)C1CCOCC1. The summed E-state index contributed by atoms with van der Waals surface area (Å²) in [5.74, 6) is -0.214. The topological polar surface area (TPSA) is 106 Å². The van der Waals surface area contributed by atoms with E-state index >= 15 is 0 Å². The number of nitrogens with zero attached hydrogens (tertiary/aromatic N) is 1. The second-order valence-electron chi connectivity index (χ2n) is 5.30. The standard InChI is InChI=1S/C15H22N4O3/c16-14(11-4-9-22-10-5-11)15(21)18-8-3-13(20)19-12-1-6-17-7-2-12/h1-2,6-7,11,14H,3-5,8-10,16H2,(H,18,21)(H,17,19,20). The fourth-order valence-corrected chi connectivity index (χ4v) is 2.36. The molecule has 1 saturated heterocycles. The number of anilines is 1. The maximum atomic E-state index is 12.0. The van der Waals surface area contributed by atoms with Gasteiger partial charge in [-0.05, 0) is 30.9 Å².